The van der Waals surface area contributed by atoms with E-state index < -0.39 is 0 Å². The highest BCUT2D eigenvalue weighted by molar-refractivity contribution is 5.97. The summed E-state index contributed by atoms with van der Waals surface area (Å²) in [5.74, 6) is 0.852. The molecule has 3 rings (SSSR count). The largest absolute Gasteiger partial charge is 0.454 e. The molecule has 1 aliphatic rings. The predicted octanol–water partition coefficient (Wildman–Crippen LogP) is 2.53. The van der Waals surface area contributed by atoms with Crippen molar-refractivity contribution < 1.29 is 19.1 Å². The predicted molar refractivity (Wildman–Crippen MR) is 93.0 cm³/mol. The average molecular weight is 339 g/mol. The topological polar surface area (TPSA) is 89.0 Å². The Morgan fingerprint density at radius 1 is 1.16 bits per heavy atom. The van der Waals surface area contributed by atoms with Gasteiger partial charge in [0.05, 0.1) is 6.21 Å². The van der Waals surface area contributed by atoms with Gasteiger partial charge in [0.2, 0.25) is 12.7 Å². The van der Waals surface area contributed by atoms with E-state index in [-0.39, 0.29) is 18.6 Å². The van der Waals surface area contributed by atoms with Gasteiger partial charge in [-0.25, -0.2) is 5.43 Å². The molecule has 2 aromatic carbocycles. The van der Waals surface area contributed by atoms with Crippen LogP contribution in [0.4, 0.5) is 5.69 Å². The first-order valence-corrected chi connectivity index (χ1v) is 7.78. The summed E-state index contributed by atoms with van der Waals surface area (Å²) < 4.78 is 10.5. The number of carbonyl (C=O) groups is 2. The van der Waals surface area contributed by atoms with Crippen molar-refractivity contribution in [3.8, 4) is 11.5 Å². The van der Waals surface area contributed by atoms with E-state index in [1.807, 2.05) is 6.07 Å². The molecule has 0 atom stereocenters. The molecular weight excluding hydrogens is 322 g/mol. The molecule has 1 heterocycles. The maximum Gasteiger partial charge on any atom is 0.271 e. The second-order valence-corrected chi connectivity index (χ2v) is 5.29. The maximum atomic E-state index is 12.1. The zero-order valence-corrected chi connectivity index (χ0v) is 13.6. The van der Waals surface area contributed by atoms with Crippen LogP contribution in [0.5, 0.6) is 11.5 Å². The SMILES string of the molecule is CCC(=O)Nc1cccc(C(=O)N/N=C\c2ccc3c(c2)OCO3)c1. The second kappa shape index (κ2) is 7.48. The van der Waals surface area contributed by atoms with E-state index >= 15 is 0 Å². The third-order valence-electron chi connectivity index (χ3n) is 3.51. The fourth-order valence-corrected chi connectivity index (χ4v) is 2.21. The minimum absolute atomic E-state index is 0.113. The van der Waals surface area contributed by atoms with Gasteiger partial charge in [-0.2, -0.15) is 5.10 Å². The number of ether oxygens (including phenoxy) is 2. The van der Waals surface area contributed by atoms with Gasteiger partial charge in [-0.05, 0) is 42.0 Å². The standard InChI is InChI=1S/C18H17N3O4/c1-2-17(22)20-14-5-3-4-13(9-14)18(23)21-19-10-12-6-7-15-16(8-12)25-11-24-15/h3-10H,2,11H2,1H3,(H,20,22)(H,21,23)/b19-10-. The van der Waals surface area contributed by atoms with Crippen LogP contribution in [0.3, 0.4) is 0 Å². The van der Waals surface area contributed by atoms with Crippen molar-refractivity contribution in [2.75, 3.05) is 12.1 Å². The van der Waals surface area contributed by atoms with E-state index in [2.05, 4.69) is 15.8 Å². The van der Waals surface area contributed by atoms with Gasteiger partial charge in [-0.1, -0.05) is 13.0 Å². The van der Waals surface area contributed by atoms with Crippen molar-refractivity contribution in [1.82, 2.24) is 5.43 Å². The molecule has 128 valence electrons. The molecule has 0 fully saturated rings. The van der Waals surface area contributed by atoms with E-state index in [0.717, 1.165) is 5.56 Å². The fourth-order valence-electron chi connectivity index (χ4n) is 2.21. The van der Waals surface area contributed by atoms with Crippen molar-refractivity contribution >= 4 is 23.7 Å². The van der Waals surface area contributed by atoms with Crippen LogP contribution < -0.4 is 20.2 Å². The van der Waals surface area contributed by atoms with Crippen LogP contribution in [-0.2, 0) is 4.79 Å². The van der Waals surface area contributed by atoms with E-state index in [1.54, 1.807) is 43.3 Å². The average Bonchev–Trinajstić information content (AvgIpc) is 3.09. The third kappa shape index (κ3) is 4.14. The van der Waals surface area contributed by atoms with Crippen LogP contribution in [0.15, 0.2) is 47.6 Å². The van der Waals surface area contributed by atoms with Crippen LogP contribution in [0.2, 0.25) is 0 Å². The van der Waals surface area contributed by atoms with E-state index in [4.69, 9.17) is 9.47 Å². The van der Waals surface area contributed by atoms with Gasteiger partial charge in [-0.3, -0.25) is 9.59 Å². The summed E-state index contributed by atoms with van der Waals surface area (Å²) in [6.45, 7) is 1.97. The molecule has 0 saturated carbocycles. The molecule has 7 heteroatoms. The lowest BCUT2D eigenvalue weighted by atomic mass is 10.2. The van der Waals surface area contributed by atoms with Crippen LogP contribution in [0.1, 0.15) is 29.3 Å². The Morgan fingerprint density at radius 3 is 2.84 bits per heavy atom. The zero-order chi connectivity index (χ0) is 17.6. The van der Waals surface area contributed by atoms with Gasteiger partial charge >= 0.3 is 0 Å². The van der Waals surface area contributed by atoms with Gasteiger partial charge in [0.15, 0.2) is 11.5 Å². The molecule has 0 unspecified atom stereocenters. The van der Waals surface area contributed by atoms with Crippen molar-refractivity contribution in [3.05, 3.63) is 53.6 Å². The quantitative estimate of drug-likeness (QED) is 0.647. The van der Waals surface area contributed by atoms with E-state index in [1.165, 1.54) is 6.21 Å². The number of hydrogen-bond donors (Lipinski definition) is 2. The van der Waals surface area contributed by atoms with Crippen LogP contribution in [0, 0.1) is 0 Å². The molecule has 0 spiro atoms. The van der Waals surface area contributed by atoms with Gasteiger partial charge in [0, 0.05) is 17.7 Å². The van der Waals surface area contributed by atoms with E-state index in [9.17, 15) is 9.59 Å². The Kier molecular flexibility index (Phi) is 4.94. The number of carbonyl (C=O) groups excluding carboxylic acids is 2. The Morgan fingerprint density at radius 2 is 2.00 bits per heavy atom. The number of anilines is 1. The molecule has 0 bridgehead atoms. The highest BCUT2D eigenvalue weighted by Crippen LogP contribution is 2.31. The number of hydrazone groups is 1. The monoisotopic (exact) mass is 339 g/mol. The molecule has 1 aliphatic heterocycles. The molecule has 0 saturated heterocycles. The van der Waals surface area contributed by atoms with Crippen LogP contribution in [-0.4, -0.2) is 24.8 Å². The summed E-state index contributed by atoms with van der Waals surface area (Å²) in [5, 5.41) is 6.65. The Balaban J connectivity index is 1.62. The normalized spacial score (nSPS) is 12.2. The second-order valence-electron chi connectivity index (χ2n) is 5.29. The summed E-state index contributed by atoms with van der Waals surface area (Å²) >= 11 is 0. The zero-order valence-electron chi connectivity index (χ0n) is 13.6. The summed E-state index contributed by atoms with van der Waals surface area (Å²) in [6.07, 6.45) is 1.89. The molecule has 2 amide bonds. The van der Waals surface area contributed by atoms with Gasteiger partial charge in [-0.15, -0.1) is 0 Å². The van der Waals surface area contributed by atoms with Gasteiger partial charge < -0.3 is 14.8 Å². The van der Waals surface area contributed by atoms with Crippen LogP contribution in [0.25, 0.3) is 0 Å². The smallest absolute Gasteiger partial charge is 0.271 e. The van der Waals surface area contributed by atoms with Gasteiger partial charge in [0.25, 0.3) is 5.91 Å². The lowest BCUT2D eigenvalue weighted by Crippen LogP contribution is -2.18. The molecule has 0 aromatic heterocycles. The number of hydrogen-bond acceptors (Lipinski definition) is 5. The Hall–Kier alpha value is -3.35. The molecular formula is C18H17N3O4. The third-order valence-corrected chi connectivity index (χ3v) is 3.51. The molecule has 0 aliphatic carbocycles. The van der Waals surface area contributed by atoms with Crippen molar-refractivity contribution in [2.45, 2.75) is 13.3 Å². The lowest BCUT2D eigenvalue weighted by molar-refractivity contribution is -0.115. The lowest BCUT2D eigenvalue weighted by Gasteiger charge is -2.05. The molecule has 2 aromatic rings. The number of nitrogens with one attached hydrogen (secondary N) is 2. The highest BCUT2D eigenvalue weighted by Gasteiger charge is 2.12. The summed E-state index contributed by atoms with van der Waals surface area (Å²) in [7, 11) is 0. The van der Waals surface area contributed by atoms with Crippen molar-refractivity contribution in [1.29, 1.82) is 0 Å². The van der Waals surface area contributed by atoms with Crippen molar-refractivity contribution in [3.63, 3.8) is 0 Å². The van der Waals surface area contributed by atoms with E-state index in [0.29, 0.717) is 29.2 Å². The van der Waals surface area contributed by atoms with Gasteiger partial charge in [0.1, 0.15) is 0 Å². The first kappa shape index (κ1) is 16.5. The number of rotatable bonds is 5. The Labute approximate surface area is 144 Å². The number of benzene rings is 2. The van der Waals surface area contributed by atoms with Crippen LogP contribution >= 0.6 is 0 Å². The molecule has 2 N–H and O–H groups in total. The minimum Gasteiger partial charge on any atom is -0.454 e. The molecule has 25 heavy (non-hydrogen) atoms. The summed E-state index contributed by atoms with van der Waals surface area (Å²) in [4.78, 5) is 23.6. The first-order chi connectivity index (χ1) is 12.2. The highest BCUT2D eigenvalue weighted by atomic mass is 16.7. The first-order valence-electron chi connectivity index (χ1n) is 7.78. The number of amides is 2. The summed E-state index contributed by atoms with van der Waals surface area (Å²) in [5.41, 5.74) is 4.20. The Bertz CT molecular complexity index is 833. The number of fused-ring (bicyclic) bond motifs is 1. The molecule has 7 nitrogen and oxygen atoms in total. The number of nitrogens with zero attached hydrogens (tertiary/aromatic N) is 1. The summed E-state index contributed by atoms with van der Waals surface area (Å²) in [6, 6.07) is 12.0. The fraction of sp³-hybridized carbons (Fsp3) is 0.167. The van der Waals surface area contributed by atoms with Crippen molar-refractivity contribution in [2.24, 2.45) is 5.10 Å². The minimum atomic E-state index is -0.371. The maximum absolute atomic E-state index is 12.1. The molecule has 0 radical (unpaired) electrons.